The van der Waals surface area contributed by atoms with Gasteiger partial charge in [0.25, 0.3) is 5.91 Å². The number of aryl methyl sites for hydroxylation is 1. The molecule has 0 atom stereocenters. The van der Waals surface area contributed by atoms with Crippen LogP contribution in [0.1, 0.15) is 15.9 Å². The average molecular weight is 364 g/mol. The number of ether oxygens (including phenoxy) is 2. The number of fused-ring (bicyclic) bond motifs is 1. The lowest BCUT2D eigenvalue weighted by Crippen LogP contribution is -2.24. The number of carbonyl (C=O) groups is 1. The van der Waals surface area contributed by atoms with Crippen LogP contribution in [0.25, 0.3) is 22.2 Å². The molecule has 2 aromatic carbocycles. The van der Waals surface area contributed by atoms with E-state index in [1.54, 1.807) is 25.3 Å². The van der Waals surface area contributed by atoms with Crippen molar-refractivity contribution in [2.45, 2.75) is 6.92 Å². The van der Waals surface area contributed by atoms with Crippen LogP contribution >= 0.6 is 0 Å². The lowest BCUT2D eigenvalue weighted by atomic mass is 10.00. The minimum Gasteiger partial charge on any atom is -0.496 e. The molecule has 0 unspecified atom stereocenters. The highest BCUT2D eigenvalue weighted by atomic mass is 16.5. The van der Waals surface area contributed by atoms with Gasteiger partial charge in [0.2, 0.25) is 0 Å². The first kappa shape index (κ1) is 18.2. The number of benzene rings is 2. The van der Waals surface area contributed by atoms with Crippen molar-refractivity contribution in [3.8, 4) is 22.8 Å². The highest BCUT2D eigenvalue weighted by Crippen LogP contribution is 2.37. The fourth-order valence-electron chi connectivity index (χ4n) is 2.97. The molecule has 3 rings (SSSR count). The van der Waals surface area contributed by atoms with Gasteiger partial charge in [-0.05, 0) is 30.7 Å². The molecule has 0 aliphatic carbocycles. The zero-order valence-electron chi connectivity index (χ0n) is 15.3. The van der Waals surface area contributed by atoms with E-state index in [1.165, 1.54) is 7.11 Å². The Bertz CT molecular complexity index is 1060. The van der Waals surface area contributed by atoms with Crippen LogP contribution in [0.3, 0.4) is 0 Å². The Kier molecular flexibility index (Phi) is 4.94. The molecule has 0 bridgehead atoms. The number of methoxy groups -OCH3 is 2. The van der Waals surface area contributed by atoms with E-state index in [1.807, 2.05) is 31.2 Å². The number of nitrogens with two attached hydrogens (primary N) is 2. The second-order valence-corrected chi connectivity index (χ2v) is 5.91. The number of hydrogen-bond donors (Lipinski definition) is 2. The highest BCUT2D eigenvalue weighted by molar-refractivity contribution is 6.13. The third-order valence-corrected chi connectivity index (χ3v) is 4.21. The Morgan fingerprint density at radius 3 is 2.33 bits per heavy atom. The smallest absolute Gasteiger partial charge is 0.281 e. The third-order valence-electron chi connectivity index (χ3n) is 4.21. The van der Waals surface area contributed by atoms with Crippen molar-refractivity contribution in [1.29, 1.82) is 0 Å². The number of carbonyl (C=O) groups excluding carboxylic acids is 1. The van der Waals surface area contributed by atoms with Crippen LogP contribution in [0.4, 0.5) is 0 Å². The van der Waals surface area contributed by atoms with E-state index in [4.69, 9.17) is 25.9 Å². The average Bonchev–Trinajstić information content (AvgIpc) is 2.66. The highest BCUT2D eigenvalue weighted by Gasteiger charge is 2.20. The van der Waals surface area contributed by atoms with Gasteiger partial charge >= 0.3 is 0 Å². The molecule has 0 radical (unpaired) electrons. The van der Waals surface area contributed by atoms with Crippen molar-refractivity contribution in [1.82, 2.24) is 4.98 Å². The van der Waals surface area contributed by atoms with Crippen molar-refractivity contribution in [2.75, 3.05) is 14.2 Å². The van der Waals surface area contributed by atoms with Gasteiger partial charge in [0.15, 0.2) is 5.96 Å². The Morgan fingerprint density at radius 1 is 1.04 bits per heavy atom. The van der Waals surface area contributed by atoms with Gasteiger partial charge in [-0.1, -0.05) is 24.3 Å². The van der Waals surface area contributed by atoms with E-state index >= 15 is 0 Å². The third kappa shape index (κ3) is 3.39. The summed E-state index contributed by atoms with van der Waals surface area (Å²) in [5.74, 6) is 0.0943. The van der Waals surface area contributed by atoms with Gasteiger partial charge in [-0.25, -0.2) is 4.98 Å². The summed E-state index contributed by atoms with van der Waals surface area (Å²) in [6, 6.07) is 12.9. The Hall–Kier alpha value is -3.61. The molecule has 0 fully saturated rings. The summed E-state index contributed by atoms with van der Waals surface area (Å²) in [7, 11) is 3.06. The summed E-state index contributed by atoms with van der Waals surface area (Å²) in [5, 5.41) is 0.490. The van der Waals surface area contributed by atoms with Gasteiger partial charge in [-0.3, -0.25) is 4.79 Å². The van der Waals surface area contributed by atoms with Gasteiger partial charge in [0.1, 0.15) is 17.0 Å². The van der Waals surface area contributed by atoms with Crippen LogP contribution in [-0.4, -0.2) is 31.1 Å². The molecule has 0 spiro atoms. The summed E-state index contributed by atoms with van der Waals surface area (Å²) in [4.78, 5) is 21.2. The molecule has 138 valence electrons. The SMILES string of the molecule is COc1ccc(OC)c2c(C(=O)N=C(N)N)cc(-c3ccccc3C)nc12. The summed E-state index contributed by atoms with van der Waals surface area (Å²) in [5.41, 5.74) is 14.1. The van der Waals surface area contributed by atoms with Crippen LogP contribution in [0, 0.1) is 6.92 Å². The molecule has 0 saturated carbocycles. The van der Waals surface area contributed by atoms with Crippen LogP contribution < -0.4 is 20.9 Å². The number of amides is 1. The molecule has 27 heavy (non-hydrogen) atoms. The van der Waals surface area contributed by atoms with Crippen molar-refractivity contribution >= 4 is 22.8 Å². The molecular formula is C20H20N4O3. The van der Waals surface area contributed by atoms with Crippen molar-refractivity contribution in [3.63, 3.8) is 0 Å². The van der Waals surface area contributed by atoms with Gasteiger partial charge < -0.3 is 20.9 Å². The van der Waals surface area contributed by atoms with Gasteiger partial charge in [-0.2, -0.15) is 4.99 Å². The normalized spacial score (nSPS) is 10.5. The fraction of sp³-hybridized carbons (Fsp3) is 0.150. The molecule has 7 heteroatoms. The van der Waals surface area contributed by atoms with E-state index < -0.39 is 5.91 Å². The monoisotopic (exact) mass is 364 g/mol. The molecule has 4 N–H and O–H groups in total. The number of guanidine groups is 1. The van der Waals surface area contributed by atoms with E-state index in [0.717, 1.165) is 11.1 Å². The van der Waals surface area contributed by atoms with Crippen LogP contribution in [-0.2, 0) is 0 Å². The lowest BCUT2D eigenvalue weighted by molar-refractivity contribution is 0.100. The standard InChI is InChI=1S/C20H20N4O3/c1-11-6-4-5-7-12(11)14-10-13(19(25)24-20(21)22)17-15(26-2)8-9-16(27-3)18(17)23-14/h4-10H,1-3H3,(H4,21,22,24,25). The fourth-order valence-corrected chi connectivity index (χ4v) is 2.97. The minimum absolute atomic E-state index is 0.280. The van der Waals surface area contributed by atoms with Gasteiger partial charge in [0, 0.05) is 5.56 Å². The summed E-state index contributed by atoms with van der Waals surface area (Å²) < 4.78 is 10.9. The van der Waals surface area contributed by atoms with Crippen LogP contribution in [0.2, 0.25) is 0 Å². The Balaban J connectivity index is 2.43. The first-order chi connectivity index (χ1) is 13.0. The second kappa shape index (κ2) is 7.33. The van der Waals surface area contributed by atoms with Crippen molar-refractivity contribution in [3.05, 3.63) is 53.6 Å². The van der Waals surface area contributed by atoms with Crippen LogP contribution in [0.5, 0.6) is 11.5 Å². The second-order valence-electron chi connectivity index (χ2n) is 5.91. The molecule has 0 aliphatic heterocycles. The largest absolute Gasteiger partial charge is 0.496 e. The number of rotatable bonds is 4. The van der Waals surface area contributed by atoms with Crippen molar-refractivity contribution < 1.29 is 14.3 Å². The van der Waals surface area contributed by atoms with Crippen LogP contribution in [0.15, 0.2) is 47.5 Å². The molecule has 3 aromatic rings. The topological polar surface area (TPSA) is 113 Å². The first-order valence-corrected chi connectivity index (χ1v) is 8.22. The van der Waals surface area contributed by atoms with E-state index in [9.17, 15) is 4.79 Å². The summed E-state index contributed by atoms with van der Waals surface area (Å²) >= 11 is 0. The molecule has 0 aliphatic rings. The maximum Gasteiger partial charge on any atom is 0.281 e. The maximum absolute atomic E-state index is 12.7. The zero-order chi connectivity index (χ0) is 19.6. The molecule has 0 saturated heterocycles. The Morgan fingerprint density at radius 2 is 1.70 bits per heavy atom. The predicted octanol–water partition coefficient (Wildman–Crippen LogP) is 2.64. The molecule has 7 nitrogen and oxygen atoms in total. The first-order valence-electron chi connectivity index (χ1n) is 8.22. The quantitative estimate of drug-likeness (QED) is 0.543. The molecule has 1 aromatic heterocycles. The lowest BCUT2D eigenvalue weighted by Gasteiger charge is -2.14. The minimum atomic E-state index is -0.580. The molecular weight excluding hydrogens is 344 g/mol. The number of hydrogen-bond acceptors (Lipinski definition) is 4. The maximum atomic E-state index is 12.7. The van der Waals surface area contributed by atoms with Gasteiger partial charge in [-0.15, -0.1) is 0 Å². The predicted molar refractivity (Wildman–Crippen MR) is 105 cm³/mol. The molecule has 1 heterocycles. The summed E-state index contributed by atoms with van der Waals surface area (Å²) in [6.07, 6.45) is 0. The van der Waals surface area contributed by atoms with Crippen molar-refractivity contribution in [2.24, 2.45) is 16.5 Å². The Labute approximate surface area is 156 Å². The van der Waals surface area contributed by atoms with E-state index in [-0.39, 0.29) is 11.5 Å². The number of nitrogens with zero attached hydrogens (tertiary/aromatic N) is 2. The van der Waals surface area contributed by atoms with Gasteiger partial charge in [0.05, 0.1) is 30.9 Å². The molecule has 1 amide bonds. The number of aliphatic imine (C=N–C) groups is 1. The number of pyridine rings is 1. The number of aromatic nitrogens is 1. The van der Waals surface area contributed by atoms with E-state index in [2.05, 4.69) is 4.99 Å². The summed E-state index contributed by atoms with van der Waals surface area (Å²) in [6.45, 7) is 1.97. The zero-order valence-corrected chi connectivity index (χ0v) is 15.3. The van der Waals surface area contributed by atoms with E-state index in [0.29, 0.717) is 28.1 Å².